The zero-order valence-corrected chi connectivity index (χ0v) is 12.1. The second-order valence-electron chi connectivity index (χ2n) is 5.21. The van der Waals surface area contributed by atoms with Crippen LogP contribution in [0.1, 0.15) is 22.8 Å². The third-order valence-corrected chi connectivity index (χ3v) is 3.67. The van der Waals surface area contributed by atoms with Crippen LogP contribution in [0, 0.1) is 0 Å². The smallest absolute Gasteiger partial charge is 0.224 e. The van der Waals surface area contributed by atoms with Crippen LogP contribution in [0.4, 0.5) is 5.69 Å². The quantitative estimate of drug-likeness (QED) is 0.822. The van der Waals surface area contributed by atoms with E-state index in [4.69, 9.17) is 0 Å². The molecule has 0 saturated carbocycles. The summed E-state index contributed by atoms with van der Waals surface area (Å²) in [7, 11) is 0. The fourth-order valence-electron chi connectivity index (χ4n) is 2.57. The number of nitrogens with zero attached hydrogens (tertiary/aromatic N) is 1. The minimum atomic E-state index is -0.100. The first-order valence-corrected chi connectivity index (χ1v) is 6.97. The SMILES string of the molecule is CC(=O)N1C/C(=C\c2ccc(O)cc2)C(=O)c2ccccc21. The lowest BCUT2D eigenvalue weighted by atomic mass is 9.94. The van der Waals surface area contributed by atoms with E-state index in [0.717, 1.165) is 5.56 Å². The standard InChI is InChI=1S/C18H15NO3/c1-12(20)19-11-14(10-13-6-8-15(21)9-7-13)18(22)16-4-2-3-5-17(16)19/h2-10,21H,11H2,1H3/b14-10+. The zero-order chi connectivity index (χ0) is 15.7. The average molecular weight is 293 g/mol. The van der Waals surface area contributed by atoms with Gasteiger partial charge in [0, 0.05) is 18.1 Å². The number of carbonyl (C=O) groups is 2. The van der Waals surface area contributed by atoms with E-state index >= 15 is 0 Å². The molecule has 0 unspecified atom stereocenters. The summed E-state index contributed by atoms with van der Waals surface area (Å²) in [5.74, 6) is 0.00515. The lowest BCUT2D eigenvalue weighted by Crippen LogP contribution is -2.37. The van der Waals surface area contributed by atoms with Crippen molar-refractivity contribution in [1.82, 2.24) is 0 Å². The van der Waals surface area contributed by atoms with Gasteiger partial charge in [0.25, 0.3) is 0 Å². The van der Waals surface area contributed by atoms with Crippen molar-refractivity contribution in [3.63, 3.8) is 0 Å². The van der Waals surface area contributed by atoms with E-state index in [1.165, 1.54) is 6.92 Å². The van der Waals surface area contributed by atoms with E-state index in [9.17, 15) is 14.7 Å². The molecule has 1 aliphatic heterocycles. The summed E-state index contributed by atoms with van der Waals surface area (Å²) < 4.78 is 0. The van der Waals surface area contributed by atoms with Gasteiger partial charge in [-0.1, -0.05) is 24.3 Å². The monoisotopic (exact) mass is 293 g/mol. The first-order valence-electron chi connectivity index (χ1n) is 6.97. The average Bonchev–Trinajstić information content (AvgIpc) is 2.52. The van der Waals surface area contributed by atoms with Crippen molar-refractivity contribution in [2.45, 2.75) is 6.92 Å². The Morgan fingerprint density at radius 1 is 1.14 bits per heavy atom. The third kappa shape index (κ3) is 2.51. The fourth-order valence-corrected chi connectivity index (χ4v) is 2.57. The molecule has 22 heavy (non-hydrogen) atoms. The third-order valence-electron chi connectivity index (χ3n) is 3.67. The second-order valence-corrected chi connectivity index (χ2v) is 5.21. The summed E-state index contributed by atoms with van der Waals surface area (Å²) in [6, 6.07) is 13.7. The lowest BCUT2D eigenvalue weighted by molar-refractivity contribution is -0.116. The minimum Gasteiger partial charge on any atom is -0.508 e. The Bertz CT molecular complexity index is 775. The van der Waals surface area contributed by atoms with Crippen molar-refractivity contribution >= 4 is 23.5 Å². The van der Waals surface area contributed by atoms with Crippen molar-refractivity contribution in [2.75, 3.05) is 11.4 Å². The molecule has 1 aliphatic rings. The molecule has 0 aromatic heterocycles. The molecule has 1 N–H and O–H groups in total. The van der Waals surface area contributed by atoms with Crippen LogP contribution < -0.4 is 4.90 Å². The molecule has 1 heterocycles. The number of hydrogen-bond acceptors (Lipinski definition) is 3. The van der Waals surface area contributed by atoms with Gasteiger partial charge < -0.3 is 10.0 Å². The zero-order valence-electron chi connectivity index (χ0n) is 12.1. The van der Waals surface area contributed by atoms with E-state index in [-0.39, 0.29) is 24.0 Å². The van der Waals surface area contributed by atoms with Gasteiger partial charge in [0.2, 0.25) is 5.91 Å². The van der Waals surface area contributed by atoms with Crippen molar-refractivity contribution in [3.05, 3.63) is 65.2 Å². The van der Waals surface area contributed by atoms with Gasteiger partial charge in [-0.05, 0) is 35.9 Å². The van der Waals surface area contributed by atoms with Crippen LogP contribution >= 0.6 is 0 Å². The van der Waals surface area contributed by atoms with Gasteiger partial charge in [-0.25, -0.2) is 0 Å². The highest BCUT2D eigenvalue weighted by molar-refractivity contribution is 6.19. The molecule has 0 atom stereocenters. The van der Waals surface area contributed by atoms with Crippen molar-refractivity contribution in [3.8, 4) is 5.75 Å². The van der Waals surface area contributed by atoms with Crippen LogP contribution in [0.5, 0.6) is 5.75 Å². The van der Waals surface area contributed by atoms with Gasteiger partial charge in [-0.15, -0.1) is 0 Å². The molecular formula is C18H15NO3. The maximum Gasteiger partial charge on any atom is 0.224 e. The van der Waals surface area contributed by atoms with E-state index < -0.39 is 0 Å². The summed E-state index contributed by atoms with van der Waals surface area (Å²) in [4.78, 5) is 26.1. The highest BCUT2D eigenvalue weighted by Crippen LogP contribution is 2.30. The topological polar surface area (TPSA) is 57.6 Å². The van der Waals surface area contributed by atoms with Gasteiger partial charge in [0.1, 0.15) is 5.75 Å². The Labute approximate surface area is 128 Å². The van der Waals surface area contributed by atoms with Crippen LogP contribution in [0.2, 0.25) is 0 Å². The molecule has 110 valence electrons. The maximum absolute atomic E-state index is 12.6. The highest BCUT2D eigenvalue weighted by atomic mass is 16.3. The summed E-state index contributed by atoms with van der Waals surface area (Å²) in [6.07, 6.45) is 1.76. The van der Waals surface area contributed by atoms with Crippen molar-refractivity contribution in [2.24, 2.45) is 0 Å². The summed E-state index contributed by atoms with van der Waals surface area (Å²) in [5, 5.41) is 9.32. The minimum absolute atomic E-state index is 0.0684. The van der Waals surface area contributed by atoms with E-state index in [0.29, 0.717) is 16.8 Å². The van der Waals surface area contributed by atoms with Crippen molar-refractivity contribution < 1.29 is 14.7 Å². The number of carbonyl (C=O) groups excluding carboxylic acids is 2. The molecule has 0 saturated heterocycles. The molecule has 1 amide bonds. The lowest BCUT2D eigenvalue weighted by Gasteiger charge is -2.29. The number of Topliss-reactive ketones (excluding diaryl/α,β-unsaturated/α-hetero) is 1. The molecule has 4 heteroatoms. The molecule has 0 radical (unpaired) electrons. The van der Waals surface area contributed by atoms with Crippen molar-refractivity contribution in [1.29, 1.82) is 0 Å². The number of fused-ring (bicyclic) bond motifs is 1. The number of para-hydroxylation sites is 1. The second kappa shape index (κ2) is 5.48. The number of amides is 1. The Morgan fingerprint density at radius 3 is 2.50 bits per heavy atom. The number of benzene rings is 2. The van der Waals surface area contributed by atoms with Gasteiger partial charge in [0.05, 0.1) is 12.2 Å². The maximum atomic E-state index is 12.6. The molecule has 2 aromatic carbocycles. The number of ketones is 1. The van der Waals surface area contributed by atoms with Crippen LogP contribution in [0.15, 0.2) is 54.1 Å². The molecule has 4 nitrogen and oxygen atoms in total. The molecule has 0 spiro atoms. The first kappa shape index (κ1) is 14.1. The van der Waals surface area contributed by atoms with Gasteiger partial charge in [0.15, 0.2) is 5.78 Å². The number of hydrogen-bond donors (Lipinski definition) is 1. The molecule has 3 rings (SSSR count). The fraction of sp³-hybridized carbons (Fsp3) is 0.111. The Balaban J connectivity index is 2.06. The Hall–Kier alpha value is -2.88. The molecule has 2 aromatic rings. The highest BCUT2D eigenvalue weighted by Gasteiger charge is 2.28. The molecular weight excluding hydrogens is 278 g/mol. The molecule has 0 fully saturated rings. The number of phenolic OH excluding ortho intramolecular Hbond substituents is 1. The van der Waals surface area contributed by atoms with Crippen LogP contribution in [0.3, 0.4) is 0 Å². The molecule has 0 aliphatic carbocycles. The van der Waals surface area contributed by atoms with Gasteiger partial charge in [-0.2, -0.15) is 0 Å². The Kier molecular flexibility index (Phi) is 3.51. The van der Waals surface area contributed by atoms with Crippen LogP contribution in [0.25, 0.3) is 6.08 Å². The number of phenols is 1. The number of anilines is 1. The predicted octanol–water partition coefficient (Wildman–Crippen LogP) is 3.03. The van der Waals surface area contributed by atoms with Crippen LogP contribution in [-0.2, 0) is 4.79 Å². The predicted molar refractivity (Wildman–Crippen MR) is 84.9 cm³/mol. The normalized spacial score (nSPS) is 15.8. The van der Waals surface area contributed by atoms with Gasteiger partial charge in [-0.3, -0.25) is 9.59 Å². The van der Waals surface area contributed by atoms with E-state index in [2.05, 4.69) is 0 Å². The number of aromatic hydroxyl groups is 1. The first-order chi connectivity index (χ1) is 10.6. The Morgan fingerprint density at radius 2 is 1.82 bits per heavy atom. The largest absolute Gasteiger partial charge is 0.508 e. The summed E-state index contributed by atoms with van der Waals surface area (Å²) in [5.41, 5.74) is 2.56. The van der Waals surface area contributed by atoms with Gasteiger partial charge >= 0.3 is 0 Å². The summed E-state index contributed by atoms with van der Waals surface area (Å²) in [6.45, 7) is 1.75. The number of rotatable bonds is 1. The van der Waals surface area contributed by atoms with E-state index in [1.807, 2.05) is 6.07 Å². The van der Waals surface area contributed by atoms with E-state index in [1.54, 1.807) is 53.4 Å². The van der Waals surface area contributed by atoms with Crippen LogP contribution in [-0.4, -0.2) is 23.3 Å². The molecule has 0 bridgehead atoms. The summed E-state index contributed by atoms with van der Waals surface area (Å²) >= 11 is 0.